The van der Waals surface area contributed by atoms with Crippen LogP contribution in [0.15, 0.2) is 47.1 Å². The number of hydrogen-bond acceptors (Lipinski definition) is 5. The van der Waals surface area contributed by atoms with E-state index in [1.807, 2.05) is 12.1 Å². The number of aromatic nitrogens is 2. The van der Waals surface area contributed by atoms with Crippen LogP contribution in [0.2, 0.25) is 10.0 Å². The Hall–Kier alpha value is -3.21. The van der Waals surface area contributed by atoms with Gasteiger partial charge in [-0.2, -0.15) is 0 Å². The molecule has 2 aliphatic rings. The van der Waals surface area contributed by atoms with Crippen molar-refractivity contribution in [3.05, 3.63) is 69.5 Å². The molecule has 42 heavy (non-hydrogen) atoms. The summed E-state index contributed by atoms with van der Waals surface area (Å²) in [4.78, 5) is 13.6. The van der Waals surface area contributed by atoms with Crippen LogP contribution >= 0.6 is 23.2 Å². The van der Waals surface area contributed by atoms with E-state index in [4.69, 9.17) is 32.5 Å². The molecule has 2 aromatic carbocycles. The number of ether oxygens (including phenoxy) is 1. The fourth-order valence-electron chi connectivity index (χ4n) is 5.73. The monoisotopic (exact) mass is 621 g/mol. The second-order valence-corrected chi connectivity index (χ2v) is 11.9. The van der Waals surface area contributed by atoms with Gasteiger partial charge in [0.25, 0.3) is 5.92 Å². The smallest absolute Gasteiger partial charge is 0.337 e. The van der Waals surface area contributed by atoms with Crippen LogP contribution in [0, 0.1) is 11.8 Å². The molecule has 3 unspecified atom stereocenters. The van der Waals surface area contributed by atoms with Gasteiger partial charge >= 0.3 is 5.97 Å². The number of piperidine rings is 1. The zero-order valence-corrected chi connectivity index (χ0v) is 24.1. The first-order valence-corrected chi connectivity index (χ1v) is 14.4. The molecule has 222 valence electrons. The average molecular weight is 622 g/mol. The highest BCUT2D eigenvalue weighted by Gasteiger charge is 2.57. The van der Waals surface area contributed by atoms with Gasteiger partial charge in [-0.15, -0.1) is 0 Å². The summed E-state index contributed by atoms with van der Waals surface area (Å²) in [6.07, 6.45) is 0.561. The molecule has 2 aromatic heterocycles. The third-order valence-corrected chi connectivity index (χ3v) is 8.88. The molecular weight excluding hydrogens is 594 g/mol. The van der Waals surface area contributed by atoms with Crippen molar-refractivity contribution in [2.75, 3.05) is 24.6 Å². The Balaban J connectivity index is 1.19. The van der Waals surface area contributed by atoms with Gasteiger partial charge in [0, 0.05) is 73.2 Å². The number of anilines is 1. The van der Waals surface area contributed by atoms with Crippen LogP contribution in [0.3, 0.4) is 0 Å². The van der Waals surface area contributed by atoms with Crippen LogP contribution < -0.4 is 4.90 Å². The highest BCUT2D eigenvalue weighted by Crippen LogP contribution is 2.51. The van der Waals surface area contributed by atoms with Gasteiger partial charge in [-0.3, -0.25) is 0 Å². The molecule has 0 amide bonds. The van der Waals surface area contributed by atoms with Crippen LogP contribution in [0.1, 0.15) is 34.5 Å². The fourth-order valence-corrected chi connectivity index (χ4v) is 6.31. The number of halogens is 5. The standard InChI is InChI=1S/C30H28Cl2F3N3O4/c1-37-13-20(29(39)40)19-6-5-18(10-25(19)37)38-8-7-24(33)16(12-38)14-41-15-21-26(9-17-11-30(17,34)35)42-36-28(21)27-22(31)3-2-4-23(27)32/h2-6,10,13,16-17,24H,7-9,11-12,14-15H2,1H3,(H,39,40). The molecule has 1 saturated heterocycles. The van der Waals surface area contributed by atoms with Gasteiger partial charge < -0.3 is 23.8 Å². The average Bonchev–Trinajstić information content (AvgIpc) is 3.22. The van der Waals surface area contributed by atoms with Crippen molar-refractivity contribution in [3.8, 4) is 11.3 Å². The first kappa shape index (κ1) is 28.9. The summed E-state index contributed by atoms with van der Waals surface area (Å²) in [5.74, 6) is -4.75. The number of carboxylic acid groups (broad SMARTS) is 1. The number of benzene rings is 2. The normalized spacial score (nSPS) is 21.7. The first-order chi connectivity index (χ1) is 20.0. The Kier molecular flexibility index (Phi) is 7.66. The van der Waals surface area contributed by atoms with E-state index >= 15 is 4.39 Å². The van der Waals surface area contributed by atoms with E-state index in [-0.39, 0.29) is 37.4 Å². The van der Waals surface area contributed by atoms with Crippen LogP contribution in [0.25, 0.3) is 22.2 Å². The highest BCUT2D eigenvalue weighted by atomic mass is 35.5. The maximum absolute atomic E-state index is 15.1. The Bertz CT molecular complexity index is 1640. The summed E-state index contributed by atoms with van der Waals surface area (Å²) < 4.78 is 55.8. The second-order valence-electron chi connectivity index (χ2n) is 11.1. The van der Waals surface area contributed by atoms with E-state index in [0.717, 1.165) is 11.2 Å². The number of aromatic carboxylic acids is 1. The summed E-state index contributed by atoms with van der Waals surface area (Å²) in [7, 11) is 1.79. The molecule has 6 rings (SSSR count). The molecule has 1 N–H and O–H groups in total. The predicted molar refractivity (Wildman–Crippen MR) is 153 cm³/mol. The first-order valence-electron chi connectivity index (χ1n) is 13.6. The summed E-state index contributed by atoms with van der Waals surface area (Å²) in [5, 5.41) is 14.9. The van der Waals surface area contributed by atoms with Crippen molar-refractivity contribution < 1.29 is 32.3 Å². The van der Waals surface area contributed by atoms with Crippen molar-refractivity contribution in [3.63, 3.8) is 0 Å². The molecule has 3 heterocycles. The molecule has 1 saturated carbocycles. The second kappa shape index (κ2) is 11.1. The third kappa shape index (κ3) is 5.47. The Labute approximate surface area is 249 Å². The molecule has 3 atom stereocenters. The van der Waals surface area contributed by atoms with Gasteiger partial charge in [0.15, 0.2) is 0 Å². The Morgan fingerprint density at radius 1 is 1.24 bits per heavy atom. The van der Waals surface area contributed by atoms with Gasteiger partial charge in [-0.1, -0.05) is 34.4 Å². The van der Waals surface area contributed by atoms with E-state index in [9.17, 15) is 18.7 Å². The van der Waals surface area contributed by atoms with E-state index < -0.39 is 29.9 Å². The van der Waals surface area contributed by atoms with Crippen LogP contribution in [0.5, 0.6) is 0 Å². The minimum Gasteiger partial charge on any atom is -0.478 e. The Morgan fingerprint density at radius 3 is 2.67 bits per heavy atom. The molecule has 7 nitrogen and oxygen atoms in total. The number of carbonyl (C=O) groups is 1. The lowest BCUT2D eigenvalue weighted by molar-refractivity contribution is 0.0469. The summed E-state index contributed by atoms with van der Waals surface area (Å²) in [5.41, 5.74) is 3.07. The van der Waals surface area contributed by atoms with Crippen LogP contribution in [0.4, 0.5) is 18.9 Å². The van der Waals surface area contributed by atoms with E-state index in [0.29, 0.717) is 51.8 Å². The number of hydrogen-bond donors (Lipinski definition) is 1. The maximum Gasteiger partial charge on any atom is 0.337 e. The molecule has 4 aromatic rings. The number of fused-ring (bicyclic) bond motifs is 1. The van der Waals surface area contributed by atoms with Crippen molar-refractivity contribution in [1.29, 1.82) is 0 Å². The lowest BCUT2D eigenvalue weighted by atomic mass is 9.96. The summed E-state index contributed by atoms with van der Waals surface area (Å²) >= 11 is 12.8. The van der Waals surface area contributed by atoms with Gasteiger partial charge in [0.1, 0.15) is 17.6 Å². The van der Waals surface area contributed by atoms with Crippen LogP contribution in [-0.4, -0.2) is 52.6 Å². The maximum atomic E-state index is 15.1. The molecule has 0 spiro atoms. The number of rotatable bonds is 9. The molecule has 0 radical (unpaired) electrons. The quantitative estimate of drug-likeness (QED) is 0.209. The third-order valence-electron chi connectivity index (χ3n) is 8.25. The molecule has 1 aliphatic heterocycles. The van der Waals surface area contributed by atoms with Gasteiger partial charge in [-0.05, 0) is 36.8 Å². The van der Waals surface area contributed by atoms with Crippen molar-refractivity contribution in [2.45, 2.75) is 38.0 Å². The zero-order chi connectivity index (χ0) is 29.8. The van der Waals surface area contributed by atoms with Crippen molar-refractivity contribution >= 4 is 45.8 Å². The van der Waals surface area contributed by atoms with E-state index in [2.05, 4.69) is 10.1 Å². The van der Waals surface area contributed by atoms with Gasteiger partial charge in [0.2, 0.25) is 0 Å². The van der Waals surface area contributed by atoms with E-state index in [1.54, 1.807) is 42.1 Å². The number of alkyl halides is 3. The van der Waals surface area contributed by atoms with Gasteiger partial charge in [0.05, 0.1) is 34.3 Å². The largest absolute Gasteiger partial charge is 0.478 e. The van der Waals surface area contributed by atoms with Gasteiger partial charge in [-0.25, -0.2) is 18.0 Å². The number of carboxylic acids is 1. The van der Waals surface area contributed by atoms with Crippen molar-refractivity contribution in [1.82, 2.24) is 9.72 Å². The fraction of sp³-hybridized carbons (Fsp3) is 0.400. The van der Waals surface area contributed by atoms with Crippen LogP contribution in [-0.2, 0) is 24.8 Å². The lowest BCUT2D eigenvalue weighted by Gasteiger charge is -2.36. The minimum absolute atomic E-state index is 0.00503. The summed E-state index contributed by atoms with van der Waals surface area (Å²) in [6.45, 7) is 0.925. The van der Waals surface area contributed by atoms with E-state index in [1.165, 1.54) is 0 Å². The molecule has 2 fully saturated rings. The molecule has 0 bridgehead atoms. The molecule has 1 aliphatic carbocycles. The predicted octanol–water partition coefficient (Wildman–Crippen LogP) is 7.42. The SMILES string of the molecule is Cn1cc(C(=O)O)c2ccc(N3CCC(F)C(COCc4c(-c5c(Cl)cccc5Cl)noc4CC4CC4(F)F)C3)cc21. The Morgan fingerprint density at radius 2 is 1.98 bits per heavy atom. The number of nitrogens with zero attached hydrogens (tertiary/aromatic N) is 3. The highest BCUT2D eigenvalue weighted by molar-refractivity contribution is 6.39. The summed E-state index contributed by atoms with van der Waals surface area (Å²) in [6, 6.07) is 10.5. The minimum atomic E-state index is -2.74. The molecular formula is C30H28Cl2F3N3O4. The lowest BCUT2D eigenvalue weighted by Crippen LogP contribution is -2.43. The van der Waals surface area contributed by atoms with Crippen molar-refractivity contribution in [2.24, 2.45) is 18.9 Å². The topological polar surface area (TPSA) is 80.7 Å². The molecule has 12 heteroatoms. The zero-order valence-electron chi connectivity index (χ0n) is 22.6. The number of aryl methyl sites for hydroxylation is 1.